The van der Waals surface area contributed by atoms with Crippen molar-refractivity contribution in [3.05, 3.63) is 0 Å². The predicted octanol–water partition coefficient (Wildman–Crippen LogP) is 1.34. The molecule has 1 saturated heterocycles. The van der Waals surface area contributed by atoms with Gasteiger partial charge in [-0.2, -0.15) is 0 Å². The van der Waals surface area contributed by atoms with Gasteiger partial charge in [-0.05, 0) is 32.1 Å². The van der Waals surface area contributed by atoms with Crippen LogP contribution >= 0.6 is 0 Å². The molecule has 2 unspecified atom stereocenters. The van der Waals surface area contributed by atoms with Crippen LogP contribution in [0.4, 0.5) is 0 Å². The third-order valence-corrected chi connectivity index (χ3v) is 2.89. The van der Waals surface area contributed by atoms with Crippen LogP contribution < -0.4 is 5.32 Å². The Morgan fingerprint density at radius 2 is 2.38 bits per heavy atom. The van der Waals surface area contributed by atoms with Crippen LogP contribution in [-0.2, 0) is 14.3 Å². The molecule has 0 aromatic heterocycles. The van der Waals surface area contributed by atoms with E-state index in [0.29, 0.717) is 12.5 Å². The van der Waals surface area contributed by atoms with Gasteiger partial charge in [0.1, 0.15) is 6.04 Å². The quantitative estimate of drug-likeness (QED) is 0.698. The van der Waals surface area contributed by atoms with Crippen molar-refractivity contribution < 1.29 is 14.3 Å². The molecule has 1 fully saturated rings. The van der Waals surface area contributed by atoms with E-state index in [1.165, 1.54) is 6.42 Å². The first-order chi connectivity index (χ1) is 7.77. The molecule has 1 aliphatic rings. The summed E-state index contributed by atoms with van der Waals surface area (Å²) >= 11 is 0. The summed E-state index contributed by atoms with van der Waals surface area (Å²) in [5.74, 6) is 0.402. The van der Waals surface area contributed by atoms with Crippen LogP contribution in [0.5, 0.6) is 0 Å². The van der Waals surface area contributed by atoms with Crippen molar-refractivity contribution in [1.82, 2.24) is 5.32 Å². The standard InChI is InChI=1S/C12H23NO3/c1-3-11(12(14)16-4-2)13-8-10-6-5-7-15-9-10/h10-11,13H,3-9H2,1-2H3. The lowest BCUT2D eigenvalue weighted by Crippen LogP contribution is -2.41. The molecular weight excluding hydrogens is 206 g/mol. The Labute approximate surface area is 97.7 Å². The minimum Gasteiger partial charge on any atom is -0.465 e. The van der Waals surface area contributed by atoms with Gasteiger partial charge in [-0.3, -0.25) is 4.79 Å². The SMILES string of the molecule is CCOC(=O)C(CC)NCC1CCCOC1. The molecule has 0 aromatic rings. The minimum absolute atomic E-state index is 0.137. The third-order valence-electron chi connectivity index (χ3n) is 2.89. The Kier molecular flexibility index (Phi) is 6.42. The lowest BCUT2D eigenvalue weighted by molar-refractivity contribution is -0.145. The molecule has 16 heavy (non-hydrogen) atoms. The van der Waals surface area contributed by atoms with E-state index in [-0.39, 0.29) is 12.0 Å². The molecule has 0 amide bonds. The van der Waals surface area contributed by atoms with E-state index in [1.54, 1.807) is 0 Å². The Morgan fingerprint density at radius 1 is 1.56 bits per heavy atom. The smallest absolute Gasteiger partial charge is 0.323 e. The Hall–Kier alpha value is -0.610. The number of esters is 1. The summed E-state index contributed by atoms with van der Waals surface area (Å²) in [6.45, 7) is 6.81. The highest BCUT2D eigenvalue weighted by atomic mass is 16.5. The van der Waals surface area contributed by atoms with Crippen LogP contribution in [0.3, 0.4) is 0 Å². The monoisotopic (exact) mass is 229 g/mol. The molecule has 0 spiro atoms. The molecule has 0 saturated carbocycles. The summed E-state index contributed by atoms with van der Waals surface area (Å²) in [7, 11) is 0. The number of ether oxygens (including phenoxy) is 2. The molecule has 1 aliphatic heterocycles. The highest BCUT2D eigenvalue weighted by molar-refractivity contribution is 5.75. The van der Waals surface area contributed by atoms with Crippen molar-refractivity contribution >= 4 is 5.97 Å². The maximum absolute atomic E-state index is 11.5. The first-order valence-corrected chi connectivity index (χ1v) is 6.25. The maximum Gasteiger partial charge on any atom is 0.323 e. The van der Waals surface area contributed by atoms with Gasteiger partial charge in [0.15, 0.2) is 0 Å². The largest absolute Gasteiger partial charge is 0.465 e. The number of hydrogen-bond acceptors (Lipinski definition) is 4. The zero-order valence-corrected chi connectivity index (χ0v) is 10.3. The molecule has 94 valence electrons. The van der Waals surface area contributed by atoms with Crippen LogP contribution in [0.1, 0.15) is 33.1 Å². The molecule has 4 nitrogen and oxygen atoms in total. The van der Waals surface area contributed by atoms with E-state index in [4.69, 9.17) is 9.47 Å². The van der Waals surface area contributed by atoms with E-state index in [2.05, 4.69) is 5.32 Å². The summed E-state index contributed by atoms with van der Waals surface area (Å²) in [6.07, 6.45) is 3.08. The number of carbonyl (C=O) groups excluding carboxylic acids is 1. The molecule has 1 rings (SSSR count). The van der Waals surface area contributed by atoms with E-state index in [0.717, 1.165) is 32.6 Å². The second-order valence-electron chi connectivity index (χ2n) is 4.20. The zero-order valence-electron chi connectivity index (χ0n) is 10.3. The van der Waals surface area contributed by atoms with E-state index in [9.17, 15) is 4.79 Å². The molecule has 0 aliphatic carbocycles. The molecule has 0 bridgehead atoms. The Bertz CT molecular complexity index is 202. The third kappa shape index (κ3) is 4.49. The van der Waals surface area contributed by atoms with E-state index < -0.39 is 0 Å². The molecule has 0 aromatic carbocycles. The summed E-state index contributed by atoms with van der Waals surface area (Å²) < 4.78 is 10.4. The second-order valence-corrected chi connectivity index (χ2v) is 4.20. The van der Waals surface area contributed by atoms with Gasteiger partial charge in [0, 0.05) is 13.2 Å². The van der Waals surface area contributed by atoms with Crippen LogP contribution in [0.15, 0.2) is 0 Å². The lowest BCUT2D eigenvalue weighted by Gasteiger charge is -2.24. The Morgan fingerprint density at radius 3 is 2.94 bits per heavy atom. The fourth-order valence-corrected chi connectivity index (χ4v) is 1.91. The van der Waals surface area contributed by atoms with Crippen LogP contribution in [0.25, 0.3) is 0 Å². The Balaban J connectivity index is 2.24. The van der Waals surface area contributed by atoms with Gasteiger partial charge < -0.3 is 14.8 Å². The number of nitrogens with one attached hydrogen (secondary N) is 1. The first kappa shape index (κ1) is 13.5. The summed E-state index contributed by atoms with van der Waals surface area (Å²) in [4.78, 5) is 11.5. The van der Waals surface area contributed by atoms with Gasteiger partial charge in [-0.25, -0.2) is 0 Å². The average molecular weight is 229 g/mol. The zero-order chi connectivity index (χ0) is 11.8. The fourth-order valence-electron chi connectivity index (χ4n) is 1.91. The van der Waals surface area contributed by atoms with Gasteiger partial charge in [-0.15, -0.1) is 0 Å². The van der Waals surface area contributed by atoms with Crippen molar-refractivity contribution in [1.29, 1.82) is 0 Å². The van der Waals surface area contributed by atoms with Crippen LogP contribution in [0.2, 0.25) is 0 Å². The molecule has 1 N–H and O–H groups in total. The van der Waals surface area contributed by atoms with E-state index >= 15 is 0 Å². The molecule has 0 radical (unpaired) electrons. The maximum atomic E-state index is 11.5. The second kappa shape index (κ2) is 7.63. The van der Waals surface area contributed by atoms with E-state index in [1.807, 2.05) is 13.8 Å². The number of carbonyl (C=O) groups is 1. The minimum atomic E-state index is -0.165. The van der Waals surface area contributed by atoms with Crippen molar-refractivity contribution in [3.63, 3.8) is 0 Å². The van der Waals surface area contributed by atoms with Gasteiger partial charge in [0.25, 0.3) is 0 Å². The average Bonchev–Trinajstić information content (AvgIpc) is 2.31. The van der Waals surface area contributed by atoms with Crippen LogP contribution in [0, 0.1) is 5.92 Å². The highest BCUT2D eigenvalue weighted by Crippen LogP contribution is 2.12. The topological polar surface area (TPSA) is 47.6 Å². The highest BCUT2D eigenvalue weighted by Gasteiger charge is 2.20. The molecular formula is C12H23NO3. The summed E-state index contributed by atoms with van der Waals surface area (Å²) in [6, 6.07) is -0.165. The summed E-state index contributed by atoms with van der Waals surface area (Å²) in [5.41, 5.74) is 0. The van der Waals surface area contributed by atoms with Gasteiger partial charge >= 0.3 is 5.97 Å². The number of rotatable bonds is 6. The molecule has 4 heteroatoms. The van der Waals surface area contributed by atoms with Gasteiger partial charge in [0.05, 0.1) is 13.2 Å². The predicted molar refractivity (Wildman–Crippen MR) is 62.3 cm³/mol. The van der Waals surface area contributed by atoms with Gasteiger partial charge in [0.2, 0.25) is 0 Å². The first-order valence-electron chi connectivity index (χ1n) is 6.25. The normalized spacial score (nSPS) is 22.8. The van der Waals surface area contributed by atoms with Crippen molar-refractivity contribution in [2.75, 3.05) is 26.4 Å². The fraction of sp³-hybridized carbons (Fsp3) is 0.917. The van der Waals surface area contributed by atoms with Crippen molar-refractivity contribution in [3.8, 4) is 0 Å². The molecule has 2 atom stereocenters. The lowest BCUT2D eigenvalue weighted by atomic mass is 10.0. The van der Waals surface area contributed by atoms with Gasteiger partial charge in [-0.1, -0.05) is 6.92 Å². The molecule has 1 heterocycles. The summed E-state index contributed by atoms with van der Waals surface area (Å²) in [5, 5.41) is 3.27. The van der Waals surface area contributed by atoms with Crippen molar-refractivity contribution in [2.24, 2.45) is 5.92 Å². The van der Waals surface area contributed by atoms with Crippen LogP contribution in [-0.4, -0.2) is 38.4 Å². The number of hydrogen-bond donors (Lipinski definition) is 1. The van der Waals surface area contributed by atoms with Crippen molar-refractivity contribution in [2.45, 2.75) is 39.2 Å².